The number of likely N-dealkylation sites (tertiary alicyclic amines) is 1. The molecule has 0 spiro atoms. The van der Waals surface area contributed by atoms with Crippen molar-refractivity contribution in [1.82, 2.24) is 4.90 Å². The summed E-state index contributed by atoms with van der Waals surface area (Å²) < 4.78 is 0. The molecule has 1 saturated heterocycles. The lowest BCUT2D eigenvalue weighted by Crippen LogP contribution is -2.52. The molecule has 1 aliphatic heterocycles. The number of carbonyl (C=O) groups is 1. The lowest BCUT2D eigenvalue weighted by molar-refractivity contribution is -0.145. The second-order valence-corrected chi connectivity index (χ2v) is 3.07. The van der Waals surface area contributed by atoms with Gasteiger partial charge in [-0.3, -0.25) is 9.69 Å². The highest BCUT2D eigenvalue weighted by molar-refractivity contribution is 5.73. The maximum absolute atomic E-state index is 10.4. The number of hydrogen-bond acceptors (Lipinski definition) is 2. The summed E-state index contributed by atoms with van der Waals surface area (Å²) in [6.45, 7) is 5.74. The van der Waals surface area contributed by atoms with Crippen LogP contribution in [-0.4, -0.2) is 35.1 Å². The van der Waals surface area contributed by atoms with E-state index in [1.54, 1.807) is 6.92 Å². The number of carboxylic acid groups (broad SMARTS) is 1. The number of rotatable bonds is 2. The summed E-state index contributed by atoms with van der Waals surface area (Å²) in [5.41, 5.74) is 0. The van der Waals surface area contributed by atoms with Crippen LogP contribution in [0.4, 0.5) is 0 Å². The third-order valence-corrected chi connectivity index (χ3v) is 2.00. The van der Waals surface area contributed by atoms with Gasteiger partial charge in [-0.15, -0.1) is 0 Å². The number of carboxylic acids is 1. The third-order valence-electron chi connectivity index (χ3n) is 2.00. The molecule has 0 aromatic rings. The predicted octanol–water partition coefficient (Wildman–Crippen LogP) is 0.411. The van der Waals surface area contributed by atoms with Crippen LogP contribution in [0.3, 0.4) is 0 Å². The van der Waals surface area contributed by atoms with E-state index < -0.39 is 5.97 Å². The van der Waals surface area contributed by atoms with Crippen LogP contribution in [0, 0.1) is 5.92 Å². The summed E-state index contributed by atoms with van der Waals surface area (Å²) in [6.07, 6.45) is 0. The molecule has 1 aliphatic rings. The molecule has 1 atom stereocenters. The van der Waals surface area contributed by atoms with Gasteiger partial charge in [0.1, 0.15) is 6.04 Å². The Labute approximate surface area is 60.6 Å². The smallest absolute Gasteiger partial charge is 0.320 e. The first-order valence-corrected chi connectivity index (χ1v) is 3.58. The highest BCUT2D eigenvalue weighted by Crippen LogP contribution is 2.17. The standard InChI is InChI=1S/C7H13NO2/c1-5-3-8(4-5)6(2)7(9)10/h5-6H,3-4H2,1-2H3,(H,9,10). The topological polar surface area (TPSA) is 40.5 Å². The van der Waals surface area contributed by atoms with Gasteiger partial charge < -0.3 is 5.11 Å². The Morgan fingerprint density at radius 2 is 2.20 bits per heavy atom. The average molecular weight is 143 g/mol. The van der Waals surface area contributed by atoms with Gasteiger partial charge >= 0.3 is 5.97 Å². The Morgan fingerprint density at radius 3 is 2.50 bits per heavy atom. The van der Waals surface area contributed by atoms with E-state index in [-0.39, 0.29) is 6.04 Å². The quantitative estimate of drug-likeness (QED) is 0.608. The number of nitrogens with zero attached hydrogens (tertiary/aromatic N) is 1. The van der Waals surface area contributed by atoms with Crippen molar-refractivity contribution in [1.29, 1.82) is 0 Å². The molecule has 58 valence electrons. The van der Waals surface area contributed by atoms with Crippen LogP contribution in [0.2, 0.25) is 0 Å². The van der Waals surface area contributed by atoms with E-state index in [0.717, 1.165) is 13.1 Å². The fraction of sp³-hybridized carbons (Fsp3) is 0.857. The lowest BCUT2D eigenvalue weighted by atomic mass is 10.0. The first-order valence-electron chi connectivity index (χ1n) is 3.58. The van der Waals surface area contributed by atoms with E-state index in [2.05, 4.69) is 6.92 Å². The normalized spacial score (nSPS) is 23.8. The summed E-state index contributed by atoms with van der Waals surface area (Å²) >= 11 is 0. The van der Waals surface area contributed by atoms with Crippen LogP contribution < -0.4 is 0 Å². The molecule has 1 N–H and O–H groups in total. The Bertz CT molecular complexity index is 141. The molecule has 0 amide bonds. The predicted molar refractivity (Wildman–Crippen MR) is 37.8 cm³/mol. The number of hydrogen-bond donors (Lipinski definition) is 1. The van der Waals surface area contributed by atoms with E-state index in [4.69, 9.17) is 5.11 Å². The van der Waals surface area contributed by atoms with Crippen molar-refractivity contribution in [2.45, 2.75) is 19.9 Å². The van der Waals surface area contributed by atoms with Crippen molar-refractivity contribution in [3.63, 3.8) is 0 Å². The van der Waals surface area contributed by atoms with Gasteiger partial charge in [0.25, 0.3) is 0 Å². The third kappa shape index (κ3) is 1.29. The molecule has 1 fully saturated rings. The minimum Gasteiger partial charge on any atom is -0.480 e. The highest BCUT2D eigenvalue weighted by Gasteiger charge is 2.30. The summed E-state index contributed by atoms with van der Waals surface area (Å²) in [4.78, 5) is 12.4. The fourth-order valence-corrected chi connectivity index (χ4v) is 1.22. The van der Waals surface area contributed by atoms with Crippen LogP contribution in [0.15, 0.2) is 0 Å². The molecule has 1 rings (SSSR count). The summed E-state index contributed by atoms with van der Waals surface area (Å²) in [6, 6.07) is -0.295. The first-order chi connectivity index (χ1) is 4.61. The molecular weight excluding hydrogens is 130 g/mol. The molecule has 3 heteroatoms. The molecule has 0 aromatic carbocycles. The zero-order chi connectivity index (χ0) is 7.72. The molecule has 0 radical (unpaired) electrons. The van der Waals surface area contributed by atoms with Crippen molar-refractivity contribution in [3.8, 4) is 0 Å². The van der Waals surface area contributed by atoms with Crippen LogP contribution in [0.25, 0.3) is 0 Å². The van der Waals surface area contributed by atoms with Crippen molar-refractivity contribution in [2.75, 3.05) is 13.1 Å². The minimum atomic E-state index is -0.716. The average Bonchev–Trinajstić information content (AvgIpc) is 1.79. The van der Waals surface area contributed by atoms with Crippen molar-refractivity contribution < 1.29 is 9.90 Å². The second kappa shape index (κ2) is 2.58. The first kappa shape index (κ1) is 7.54. The van der Waals surface area contributed by atoms with Crippen LogP contribution in [0.1, 0.15) is 13.8 Å². The Kier molecular flexibility index (Phi) is 1.94. The zero-order valence-electron chi connectivity index (χ0n) is 6.37. The van der Waals surface area contributed by atoms with Gasteiger partial charge in [-0.2, -0.15) is 0 Å². The van der Waals surface area contributed by atoms with Crippen LogP contribution >= 0.6 is 0 Å². The van der Waals surface area contributed by atoms with Crippen molar-refractivity contribution in [3.05, 3.63) is 0 Å². The van der Waals surface area contributed by atoms with E-state index in [1.807, 2.05) is 4.90 Å². The number of aliphatic carboxylic acids is 1. The maximum atomic E-state index is 10.4. The Balaban J connectivity index is 2.31. The zero-order valence-corrected chi connectivity index (χ0v) is 6.37. The van der Waals surface area contributed by atoms with E-state index >= 15 is 0 Å². The van der Waals surface area contributed by atoms with Gasteiger partial charge in [-0.1, -0.05) is 6.92 Å². The molecule has 0 aromatic heterocycles. The molecule has 0 bridgehead atoms. The van der Waals surface area contributed by atoms with Crippen LogP contribution in [-0.2, 0) is 4.79 Å². The molecule has 1 heterocycles. The Morgan fingerprint density at radius 1 is 1.70 bits per heavy atom. The maximum Gasteiger partial charge on any atom is 0.320 e. The van der Waals surface area contributed by atoms with Gasteiger partial charge in [0.05, 0.1) is 0 Å². The Hall–Kier alpha value is -0.570. The van der Waals surface area contributed by atoms with Gasteiger partial charge in [-0.05, 0) is 12.8 Å². The monoisotopic (exact) mass is 143 g/mol. The van der Waals surface area contributed by atoms with E-state index in [1.165, 1.54) is 0 Å². The molecule has 3 nitrogen and oxygen atoms in total. The van der Waals surface area contributed by atoms with E-state index in [0.29, 0.717) is 5.92 Å². The fourth-order valence-electron chi connectivity index (χ4n) is 1.22. The largest absolute Gasteiger partial charge is 0.480 e. The molecule has 0 aliphatic carbocycles. The van der Waals surface area contributed by atoms with Gasteiger partial charge in [0, 0.05) is 13.1 Å². The molecule has 1 unspecified atom stereocenters. The summed E-state index contributed by atoms with van der Waals surface area (Å²) in [5, 5.41) is 8.56. The minimum absolute atomic E-state index is 0.295. The SMILES string of the molecule is CC1CN(C(C)C(=O)O)C1. The van der Waals surface area contributed by atoms with Gasteiger partial charge in [0.15, 0.2) is 0 Å². The molecule has 10 heavy (non-hydrogen) atoms. The van der Waals surface area contributed by atoms with Crippen LogP contribution in [0.5, 0.6) is 0 Å². The van der Waals surface area contributed by atoms with Crippen molar-refractivity contribution in [2.24, 2.45) is 5.92 Å². The highest BCUT2D eigenvalue weighted by atomic mass is 16.4. The lowest BCUT2D eigenvalue weighted by Gasteiger charge is -2.39. The summed E-state index contributed by atoms with van der Waals surface area (Å²) in [5.74, 6) is -0.0336. The second-order valence-electron chi connectivity index (χ2n) is 3.07. The summed E-state index contributed by atoms with van der Waals surface area (Å²) in [7, 11) is 0. The molecule has 0 saturated carbocycles. The van der Waals surface area contributed by atoms with Gasteiger partial charge in [0.2, 0.25) is 0 Å². The van der Waals surface area contributed by atoms with Gasteiger partial charge in [-0.25, -0.2) is 0 Å². The van der Waals surface area contributed by atoms with E-state index in [9.17, 15) is 4.79 Å². The molecular formula is C7H13NO2. The van der Waals surface area contributed by atoms with Crippen molar-refractivity contribution >= 4 is 5.97 Å².